The minimum Gasteiger partial charge on any atom is -0.497 e. The molecule has 1 amide bonds. The molecule has 1 aromatic heterocycles. The van der Waals surface area contributed by atoms with Crippen molar-refractivity contribution in [3.05, 3.63) is 100 Å². The Labute approximate surface area is 184 Å². The highest BCUT2D eigenvalue weighted by atomic mass is 16.5. The number of nitrogens with zero attached hydrogens (tertiary/aromatic N) is 1. The van der Waals surface area contributed by atoms with Gasteiger partial charge in [-0.1, -0.05) is 47.6 Å². The number of carbonyl (C=O) groups is 1. The van der Waals surface area contributed by atoms with Gasteiger partial charge in [-0.15, -0.1) is 0 Å². The molecule has 1 unspecified atom stereocenters. The Morgan fingerprint density at radius 3 is 2.59 bits per heavy atom. The number of anilines is 1. The van der Waals surface area contributed by atoms with Gasteiger partial charge in [-0.2, -0.15) is 0 Å². The summed E-state index contributed by atoms with van der Waals surface area (Å²) in [6.45, 7) is 1.71. The van der Waals surface area contributed by atoms with Crippen LogP contribution in [-0.2, 0) is 16.8 Å². The fourth-order valence-electron chi connectivity index (χ4n) is 3.65. The minimum atomic E-state index is -1.84. The molecule has 0 bridgehead atoms. The fraction of sp³-hybridized carbons (Fsp3) is 0.160. The van der Waals surface area contributed by atoms with Crippen molar-refractivity contribution in [2.24, 2.45) is 0 Å². The van der Waals surface area contributed by atoms with E-state index in [9.17, 15) is 14.7 Å². The Bertz CT molecular complexity index is 1330. The zero-order valence-electron chi connectivity index (χ0n) is 17.7. The molecular formula is C25H22N2O5. The molecule has 0 spiro atoms. The van der Waals surface area contributed by atoms with Gasteiger partial charge in [0.2, 0.25) is 0 Å². The number of aryl methyl sites for hydroxylation is 1. The summed E-state index contributed by atoms with van der Waals surface area (Å²) in [5.74, 6) is 0.0362. The Morgan fingerprint density at radius 1 is 1.06 bits per heavy atom. The lowest BCUT2D eigenvalue weighted by Gasteiger charge is -2.28. The molecule has 0 aliphatic heterocycles. The largest absolute Gasteiger partial charge is 0.497 e. The zero-order valence-corrected chi connectivity index (χ0v) is 17.7. The maximum atomic E-state index is 13.4. The standard InChI is InChI=1S/C25H22N2O5/c1-16-22-14-19(11-12-21(22)23(28)32-27-16)26-24(29)25(30,18-8-4-3-5-9-18)15-17-7-6-10-20(13-17)31-2/h3-14,30H,15H2,1-2H3,(H,26,29). The average molecular weight is 430 g/mol. The number of aliphatic hydroxyl groups is 1. The first kappa shape index (κ1) is 21.3. The third-order valence-electron chi connectivity index (χ3n) is 5.37. The van der Waals surface area contributed by atoms with Crippen LogP contribution in [0.1, 0.15) is 16.8 Å². The first-order valence-corrected chi connectivity index (χ1v) is 10.0. The van der Waals surface area contributed by atoms with Crippen LogP contribution in [0.2, 0.25) is 0 Å². The normalized spacial score (nSPS) is 12.8. The number of methoxy groups -OCH3 is 1. The van der Waals surface area contributed by atoms with Crippen LogP contribution in [0.4, 0.5) is 5.69 Å². The molecule has 162 valence electrons. The number of aromatic nitrogens is 1. The topological polar surface area (TPSA) is 102 Å². The molecule has 4 rings (SSSR count). The number of ether oxygens (including phenoxy) is 1. The van der Waals surface area contributed by atoms with E-state index in [-0.39, 0.29) is 6.42 Å². The molecule has 0 fully saturated rings. The lowest BCUT2D eigenvalue weighted by Crippen LogP contribution is -2.42. The van der Waals surface area contributed by atoms with Gasteiger partial charge in [-0.25, -0.2) is 4.79 Å². The highest BCUT2D eigenvalue weighted by molar-refractivity contribution is 6.00. The molecular weight excluding hydrogens is 408 g/mol. The van der Waals surface area contributed by atoms with Gasteiger partial charge in [0.15, 0.2) is 5.60 Å². The van der Waals surface area contributed by atoms with Gasteiger partial charge in [0.1, 0.15) is 5.75 Å². The minimum absolute atomic E-state index is 0.0395. The van der Waals surface area contributed by atoms with E-state index in [1.807, 2.05) is 18.2 Å². The van der Waals surface area contributed by atoms with Gasteiger partial charge in [0.25, 0.3) is 5.91 Å². The first-order valence-electron chi connectivity index (χ1n) is 10.0. The van der Waals surface area contributed by atoms with Crippen LogP contribution in [-0.4, -0.2) is 23.3 Å². The number of amides is 1. The van der Waals surface area contributed by atoms with E-state index in [0.29, 0.717) is 33.5 Å². The van der Waals surface area contributed by atoms with Crippen molar-refractivity contribution < 1.29 is 19.2 Å². The predicted octanol–water partition coefficient (Wildman–Crippen LogP) is 3.57. The molecule has 32 heavy (non-hydrogen) atoms. The summed E-state index contributed by atoms with van der Waals surface area (Å²) >= 11 is 0. The van der Waals surface area contributed by atoms with Crippen molar-refractivity contribution in [2.45, 2.75) is 18.9 Å². The predicted molar refractivity (Wildman–Crippen MR) is 121 cm³/mol. The zero-order chi connectivity index (χ0) is 22.7. The summed E-state index contributed by atoms with van der Waals surface area (Å²) in [6, 6.07) is 20.8. The molecule has 0 radical (unpaired) electrons. The van der Waals surface area contributed by atoms with E-state index < -0.39 is 17.1 Å². The van der Waals surface area contributed by atoms with Crippen molar-refractivity contribution in [1.82, 2.24) is 5.16 Å². The Morgan fingerprint density at radius 2 is 1.84 bits per heavy atom. The monoisotopic (exact) mass is 430 g/mol. The van der Waals surface area contributed by atoms with Gasteiger partial charge < -0.3 is 19.7 Å². The molecule has 1 heterocycles. The molecule has 7 nitrogen and oxygen atoms in total. The Balaban J connectivity index is 1.71. The van der Waals surface area contributed by atoms with Gasteiger partial charge in [0.05, 0.1) is 18.2 Å². The fourth-order valence-corrected chi connectivity index (χ4v) is 3.65. The number of fused-ring (bicyclic) bond motifs is 1. The van der Waals surface area contributed by atoms with Gasteiger partial charge >= 0.3 is 5.63 Å². The van der Waals surface area contributed by atoms with Crippen molar-refractivity contribution in [1.29, 1.82) is 0 Å². The van der Waals surface area contributed by atoms with Crippen LogP contribution in [0.25, 0.3) is 10.8 Å². The van der Waals surface area contributed by atoms with E-state index in [4.69, 9.17) is 9.26 Å². The lowest BCUT2D eigenvalue weighted by atomic mass is 9.86. The van der Waals surface area contributed by atoms with E-state index in [2.05, 4.69) is 10.5 Å². The molecule has 2 N–H and O–H groups in total. The van der Waals surface area contributed by atoms with Crippen molar-refractivity contribution in [3.8, 4) is 5.75 Å². The third-order valence-corrected chi connectivity index (χ3v) is 5.37. The van der Waals surface area contributed by atoms with Crippen LogP contribution < -0.4 is 15.7 Å². The quantitative estimate of drug-likeness (QED) is 0.485. The first-order chi connectivity index (χ1) is 15.4. The lowest BCUT2D eigenvalue weighted by molar-refractivity contribution is -0.135. The number of nitrogens with one attached hydrogen (secondary N) is 1. The molecule has 0 aliphatic rings. The highest BCUT2D eigenvalue weighted by Crippen LogP contribution is 2.30. The van der Waals surface area contributed by atoms with Crippen LogP contribution in [0, 0.1) is 6.92 Å². The molecule has 0 saturated heterocycles. The van der Waals surface area contributed by atoms with Gasteiger partial charge in [-0.3, -0.25) is 4.79 Å². The van der Waals surface area contributed by atoms with Crippen molar-refractivity contribution in [2.75, 3.05) is 12.4 Å². The number of hydrogen-bond donors (Lipinski definition) is 2. The number of benzene rings is 3. The second-order valence-electron chi connectivity index (χ2n) is 7.52. The van der Waals surface area contributed by atoms with E-state index in [1.54, 1.807) is 68.6 Å². The molecule has 0 aliphatic carbocycles. The van der Waals surface area contributed by atoms with Gasteiger partial charge in [-0.05, 0) is 48.4 Å². The summed E-state index contributed by atoms with van der Waals surface area (Å²) in [7, 11) is 1.56. The summed E-state index contributed by atoms with van der Waals surface area (Å²) in [5.41, 5.74) is -0.252. The number of rotatable bonds is 6. The van der Waals surface area contributed by atoms with Crippen molar-refractivity contribution >= 4 is 22.4 Å². The SMILES string of the molecule is COc1cccc(CC(O)(C(=O)Nc2ccc3c(=O)onc(C)c3c2)c2ccccc2)c1. The van der Waals surface area contributed by atoms with Crippen LogP contribution in [0.3, 0.4) is 0 Å². The Kier molecular flexibility index (Phi) is 5.75. The van der Waals surface area contributed by atoms with Crippen LogP contribution >= 0.6 is 0 Å². The molecule has 4 aromatic rings. The van der Waals surface area contributed by atoms with Crippen LogP contribution in [0.15, 0.2) is 82.1 Å². The summed E-state index contributed by atoms with van der Waals surface area (Å²) in [5, 5.41) is 19.1. The maximum Gasteiger partial charge on any atom is 0.366 e. The number of carbonyl (C=O) groups excluding carboxylic acids is 1. The summed E-state index contributed by atoms with van der Waals surface area (Å²) < 4.78 is 10.0. The second kappa shape index (κ2) is 8.64. The second-order valence-corrected chi connectivity index (χ2v) is 7.52. The summed E-state index contributed by atoms with van der Waals surface area (Å²) in [6.07, 6.45) is 0.0395. The van der Waals surface area contributed by atoms with E-state index >= 15 is 0 Å². The van der Waals surface area contributed by atoms with E-state index in [0.717, 1.165) is 5.56 Å². The van der Waals surface area contributed by atoms with Crippen LogP contribution in [0.5, 0.6) is 5.75 Å². The molecule has 0 saturated carbocycles. The number of hydrogen-bond acceptors (Lipinski definition) is 6. The molecule has 7 heteroatoms. The highest BCUT2D eigenvalue weighted by Gasteiger charge is 2.38. The third kappa shape index (κ3) is 4.10. The molecule has 3 aromatic carbocycles. The van der Waals surface area contributed by atoms with Crippen molar-refractivity contribution in [3.63, 3.8) is 0 Å². The molecule has 1 atom stereocenters. The average Bonchev–Trinajstić information content (AvgIpc) is 2.82. The maximum absolute atomic E-state index is 13.4. The van der Waals surface area contributed by atoms with Gasteiger partial charge in [0, 0.05) is 17.5 Å². The summed E-state index contributed by atoms with van der Waals surface area (Å²) in [4.78, 5) is 25.3. The Hall–Kier alpha value is -3.97. The smallest absolute Gasteiger partial charge is 0.366 e. The van der Waals surface area contributed by atoms with E-state index in [1.165, 1.54) is 0 Å².